The van der Waals surface area contributed by atoms with Gasteiger partial charge in [-0.05, 0) is 25.0 Å². The lowest BCUT2D eigenvalue weighted by molar-refractivity contribution is -0.139. The van der Waals surface area contributed by atoms with Gasteiger partial charge in [0.15, 0.2) is 6.61 Å². The highest BCUT2D eigenvalue weighted by Gasteiger charge is 2.34. The molecule has 0 aliphatic heterocycles. The molecule has 0 fully saturated rings. The zero-order valence-electron chi connectivity index (χ0n) is 11.6. The highest BCUT2D eigenvalue weighted by molar-refractivity contribution is 5.77. The summed E-state index contributed by atoms with van der Waals surface area (Å²) in [6.07, 6.45) is -4.50. The Morgan fingerprint density at radius 3 is 2.40 bits per heavy atom. The number of hydrogen-bond donors (Lipinski definition) is 1. The molecule has 0 spiro atoms. The molecular formula is C14H18F3NO2. The Bertz CT molecular complexity index is 458. The van der Waals surface area contributed by atoms with Crippen LogP contribution in [0.4, 0.5) is 13.2 Å². The van der Waals surface area contributed by atoms with E-state index in [9.17, 15) is 18.0 Å². The number of rotatable bonds is 5. The third-order valence-corrected chi connectivity index (χ3v) is 2.94. The van der Waals surface area contributed by atoms with E-state index >= 15 is 0 Å². The van der Waals surface area contributed by atoms with Crippen molar-refractivity contribution in [3.05, 3.63) is 29.8 Å². The molecule has 1 aromatic rings. The fraction of sp³-hybridized carbons (Fsp3) is 0.500. The molecule has 0 saturated heterocycles. The van der Waals surface area contributed by atoms with Crippen LogP contribution >= 0.6 is 0 Å². The molecule has 1 unspecified atom stereocenters. The second kappa shape index (κ2) is 6.63. The van der Waals surface area contributed by atoms with E-state index in [0.29, 0.717) is 0 Å². The van der Waals surface area contributed by atoms with E-state index in [1.165, 1.54) is 18.2 Å². The summed E-state index contributed by atoms with van der Waals surface area (Å²) in [5.74, 6) is -0.545. The van der Waals surface area contributed by atoms with Crippen molar-refractivity contribution in [2.24, 2.45) is 5.92 Å². The molecule has 1 amide bonds. The Balaban J connectivity index is 2.65. The van der Waals surface area contributed by atoms with Gasteiger partial charge in [0.1, 0.15) is 5.75 Å². The molecule has 1 atom stereocenters. The van der Waals surface area contributed by atoms with Gasteiger partial charge < -0.3 is 10.1 Å². The third kappa shape index (κ3) is 4.75. The number of alkyl halides is 3. The van der Waals surface area contributed by atoms with Gasteiger partial charge in [0.05, 0.1) is 5.56 Å². The number of benzene rings is 1. The Kier molecular flexibility index (Phi) is 5.42. The average molecular weight is 289 g/mol. The van der Waals surface area contributed by atoms with Crippen molar-refractivity contribution in [3.63, 3.8) is 0 Å². The number of amides is 1. The SMILES string of the molecule is CC(C)C(C)NC(=O)COc1ccccc1C(F)(F)F. The Morgan fingerprint density at radius 2 is 1.85 bits per heavy atom. The predicted molar refractivity (Wildman–Crippen MR) is 69.4 cm³/mol. The van der Waals surface area contributed by atoms with Gasteiger partial charge >= 0.3 is 6.18 Å². The molecular weight excluding hydrogens is 271 g/mol. The van der Waals surface area contributed by atoms with Gasteiger partial charge in [-0.1, -0.05) is 26.0 Å². The summed E-state index contributed by atoms with van der Waals surface area (Å²) >= 11 is 0. The Labute approximate surface area is 116 Å². The molecule has 20 heavy (non-hydrogen) atoms. The number of ether oxygens (including phenoxy) is 1. The Morgan fingerprint density at radius 1 is 1.25 bits per heavy atom. The molecule has 1 rings (SSSR count). The smallest absolute Gasteiger partial charge is 0.419 e. The van der Waals surface area contributed by atoms with E-state index in [1.807, 2.05) is 20.8 Å². The third-order valence-electron chi connectivity index (χ3n) is 2.94. The average Bonchev–Trinajstić information content (AvgIpc) is 2.35. The minimum atomic E-state index is -4.50. The first-order valence-corrected chi connectivity index (χ1v) is 6.30. The van der Waals surface area contributed by atoms with E-state index in [2.05, 4.69) is 5.32 Å². The van der Waals surface area contributed by atoms with Crippen molar-refractivity contribution >= 4 is 5.91 Å². The van der Waals surface area contributed by atoms with Crippen LogP contribution in [-0.2, 0) is 11.0 Å². The standard InChI is InChI=1S/C14H18F3NO2/c1-9(2)10(3)18-13(19)8-20-12-7-5-4-6-11(12)14(15,16)17/h4-7,9-10H,8H2,1-3H3,(H,18,19). The van der Waals surface area contributed by atoms with Gasteiger partial charge in [-0.15, -0.1) is 0 Å². The quantitative estimate of drug-likeness (QED) is 0.903. The number of carbonyl (C=O) groups excluding carboxylic acids is 1. The second-order valence-electron chi connectivity index (χ2n) is 4.88. The molecule has 112 valence electrons. The summed E-state index contributed by atoms with van der Waals surface area (Å²) in [5.41, 5.74) is -0.885. The van der Waals surface area contributed by atoms with E-state index in [-0.39, 0.29) is 17.7 Å². The minimum absolute atomic E-state index is 0.0658. The summed E-state index contributed by atoms with van der Waals surface area (Å²) in [4.78, 5) is 11.6. The summed E-state index contributed by atoms with van der Waals surface area (Å²) < 4.78 is 43.1. The molecule has 0 aromatic heterocycles. The second-order valence-corrected chi connectivity index (χ2v) is 4.88. The van der Waals surface area contributed by atoms with Crippen molar-refractivity contribution < 1.29 is 22.7 Å². The summed E-state index contributed by atoms with van der Waals surface area (Å²) in [6.45, 7) is 5.26. The van der Waals surface area contributed by atoms with Crippen LogP contribution in [0.5, 0.6) is 5.75 Å². The van der Waals surface area contributed by atoms with Gasteiger partial charge in [0.2, 0.25) is 0 Å². The Hall–Kier alpha value is -1.72. The molecule has 1 N–H and O–H groups in total. The molecule has 0 radical (unpaired) electrons. The number of para-hydroxylation sites is 1. The van der Waals surface area contributed by atoms with Crippen LogP contribution in [0, 0.1) is 5.92 Å². The van der Waals surface area contributed by atoms with Crippen molar-refractivity contribution in [2.75, 3.05) is 6.61 Å². The van der Waals surface area contributed by atoms with Crippen LogP contribution in [0.15, 0.2) is 24.3 Å². The first kappa shape index (κ1) is 16.3. The predicted octanol–water partition coefficient (Wildman–Crippen LogP) is 3.24. The van der Waals surface area contributed by atoms with Gasteiger partial charge in [0, 0.05) is 6.04 Å². The fourth-order valence-electron chi connectivity index (χ4n) is 1.43. The van der Waals surface area contributed by atoms with Crippen molar-refractivity contribution in [2.45, 2.75) is 33.0 Å². The van der Waals surface area contributed by atoms with Crippen molar-refractivity contribution in [1.82, 2.24) is 5.32 Å². The van der Waals surface area contributed by atoms with Crippen molar-refractivity contribution in [3.8, 4) is 5.75 Å². The lowest BCUT2D eigenvalue weighted by atomic mass is 10.1. The zero-order valence-corrected chi connectivity index (χ0v) is 11.6. The monoisotopic (exact) mass is 289 g/mol. The maximum Gasteiger partial charge on any atom is 0.419 e. The first-order chi connectivity index (χ1) is 9.21. The largest absolute Gasteiger partial charge is 0.483 e. The molecule has 0 aliphatic rings. The zero-order chi connectivity index (χ0) is 15.3. The van der Waals surface area contributed by atoms with E-state index in [0.717, 1.165) is 6.07 Å². The van der Waals surface area contributed by atoms with Crippen LogP contribution in [0.1, 0.15) is 26.3 Å². The molecule has 1 aromatic carbocycles. The summed E-state index contributed by atoms with van der Waals surface area (Å²) in [7, 11) is 0. The van der Waals surface area contributed by atoms with Gasteiger partial charge in [-0.2, -0.15) is 13.2 Å². The highest BCUT2D eigenvalue weighted by Crippen LogP contribution is 2.35. The molecule has 3 nitrogen and oxygen atoms in total. The fourth-order valence-corrected chi connectivity index (χ4v) is 1.43. The van der Waals surface area contributed by atoms with E-state index < -0.39 is 24.3 Å². The minimum Gasteiger partial charge on any atom is -0.483 e. The van der Waals surface area contributed by atoms with Crippen LogP contribution < -0.4 is 10.1 Å². The van der Waals surface area contributed by atoms with Crippen LogP contribution in [0.25, 0.3) is 0 Å². The van der Waals surface area contributed by atoms with E-state index in [1.54, 1.807) is 0 Å². The normalized spacial score (nSPS) is 13.2. The van der Waals surface area contributed by atoms with Crippen LogP contribution in [0.2, 0.25) is 0 Å². The number of carbonyl (C=O) groups is 1. The molecule has 0 bridgehead atoms. The van der Waals surface area contributed by atoms with Crippen LogP contribution in [-0.4, -0.2) is 18.6 Å². The molecule has 0 saturated carbocycles. The van der Waals surface area contributed by atoms with Crippen LogP contribution in [0.3, 0.4) is 0 Å². The topological polar surface area (TPSA) is 38.3 Å². The maximum absolute atomic E-state index is 12.7. The lowest BCUT2D eigenvalue weighted by Gasteiger charge is -2.18. The van der Waals surface area contributed by atoms with Crippen molar-refractivity contribution in [1.29, 1.82) is 0 Å². The molecule has 0 heterocycles. The van der Waals surface area contributed by atoms with Gasteiger partial charge in [-0.25, -0.2) is 0 Å². The first-order valence-electron chi connectivity index (χ1n) is 6.30. The van der Waals surface area contributed by atoms with Gasteiger partial charge in [-0.3, -0.25) is 4.79 Å². The van der Waals surface area contributed by atoms with Gasteiger partial charge in [0.25, 0.3) is 5.91 Å². The summed E-state index contributed by atoms with van der Waals surface area (Å²) in [6, 6.07) is 4.76. The molecule has 6 heteroatoms. The lowest BCUT2D eigenvalue weighted by Crippen LogP contribution is -2.39. The maximum atomic E-state index is 12.7. The van der Waals surface area contributed by atoms with E-state index in [4.69, 9.17) is 4.74 Å². The molecule has 0 aliphatic carbocycles. The highest BCUT2D eigenvalue weighted by atomic mass is 19.4. The number of halogens is 3. The number of hydrogen-bond acceptors (Lipinski definition) is 2. The number of nitrogens with one attached hydrogen (secondary N) is 1. The summed E-state index contributed by atoms with van der Waals surface area (Å²) in [5, 5.41) is 2.66.